The van der Waals surface area contributed by atoms with Crippen LogP contribution in [0.5, 0.6) is 11.5 Å². The predicted octanol–water partition coefficient (Wildman–Crippen LogP) is 4.11. The SMILES string of the molecule is COc1cc(/C=N/N(c2ccccc2)c2ccccc2)ccc1OCC(=O)N1CCOCC1. The molecule has 0 bridgehead atoms. The van der Waals surface area contributed by atoms with E-state index in [1.165, 1.54) is 0 Å². The van der Waals surface area contributed by atoms with Crippen LogP contribution in [0.15, 0.2) is 84.0 Å². The molecule has 1 amide bonds. The van der Waals surface area contributed by atoms with Crippen LogP contribution in [-0.4, -0.2) is 57.0 Å². The van der Waals surface area contributed by atoms with Gasteiger partial charge in [0.05, 0.1) is 37.9 Å². The summed E-state index contributed by atoms with van der Waals surface area (Å²) in [7, 11) is 1.58. The lowest BCUT2D eigenvalue weighted by atomic mass is 10.2. The monoisotopic (exact) mass is 445 g/mol. The summed E-state index contributed by atoms with van der Waals surface area (Å²) in [6.07, 6.45) is 1.77. The highest BCUT2D eigenvalue weighted by molar-refractivity contribution is 5.83. The molecule has 0 radical (unpaired) electrons. The second-order valence-corrected chi connectivity index (χ2v) is 7.42. The van der Waals surface area contributed by atoms with E-state index in [9.17, 15) is 4.79 Å². The number of nitrogens with zero attached hydrogens (tertiary/aromatic N) is 3. The lowest BCUT2D eigenvalue weighted by Crippen LogP contribution is -2.43. The number of para-hydroxylation sites is 2. The van der Waals surface area contributed by atoms with E-state index >= 15 is 0 Å². The van der Waals surface area contributed by atoms with E-state index in [2.05, 4.69) is 0 Å². The Morgan fingerprint density at radius 1 is 0.970 bits per heavy atom. The number of benzene rings is 3. The standard InChI is InChI=1S/C26H27N3O4/c1-31-25-18-21(12-13-24(25)33-20-26(30)28-14-16-32-17-15-28)19-27-29(22-8-4-2-5-9-22)23-10-6-3-7-11-23/h2-13,18-19H,14-17,20H2,1H3/b27-19+. The molecule has 0 unspecified atom stereocenters. The number of morpholine rings is 1. The number of carbonyl (C=O) groups excluding carboxylic acids is 1. The molecule has 33 heavy (non-hydrogen) atoms. The molecular weight excluding hydrogens is 418 g/mol. The van der Waals surface area contributed by atoms with E-state index in [0.29, 0.717) is 37.8 Å². The topological polar surface area (TPSA) is 63.6 Å². The first-order chi connectivity index (χ1) is 16.2. The third kappa shape index (κ3) is 5.90. The van der Waals surface area contributed by atoms with Gasteiger partial charge in [0.1, 0.15) is 0 Å². The van der Waals surface area contributed by atoms with E-state index in [-0.39, 0.29) is 12.5 Å². The molecule has 170 valence electrons. The molecule has 1 saturated heterocycles. The van der Waals surface area contributed by atoms with Crippen molar-refractivity contribution in [2.24, 2.45) is 5.10 Å². The summed E-state index contributed by atoms with van der Waals surface area (Å²) in [5, 5.41) is 6.59. The second-order valence-electron chi connectivity index (χ2n) is 7.42. The number of methoxy groups -OCH3 is 1. The normalized spacial score (nSPS) is 13.7. The van der Waals surface area contributed by atoms with Crippen LogP contribution in [0.1, 0.15) is 5.56 Å². The van der Waals surface area contributed by atoms with Crippen LogP contribution in [0.3, 0.4) is 0 Å². The molecule has 1 fully saturated rings. The van der Waals surface area contributed by atoms with E-state index in [0.717, 1.165) is 16.9 Å². The number of ether oxygens (including phenoxy) is 3. The Balaban J connectivity index is 1.48. The van der Waals surface area contributed by atoms with Crippen molar-refractivity contribution in [3.05, 3.63) is 84.4 Å². The minimum absolute atomic E-state index is 0.0421. The number of amides is 1. The van der Waals surface area contributed by atoms with Gasteiger partial charge in [0.25, 0.3) is 5.91 Å². The van der Waals surface area contributed by atoms with Crippen LogP contribution in [0, 0.1) is 0 Å². The molecule has 1 heterocycles. The first-order valence-electron chi connectivity index (χ1n) is 10.8. The van der Waals surface area contributed by atoms with Gasteiger partial charge >= 0.3 is 0 Å². The molecule has 7 heteroatoms. The molecule has 0 saturated carbocycles. The van der Waals surface area contributed by atoms with Crippen molar-refractivity contribution in [3.8, 4) is 11.5 Å². The summed E-state index contributed by atoms with van der Waals surface area (Å²) in [5.41, 5.74) is 2.75. The van der Waals surface area contributed by atoms with Crippen LogP contribution in [-0.2, 0) is 9.53 Å². The molecule has 7 nitrogen and oxygen atoms in total. The lowest BCUT2D eigenvalue weighted by molar-refractivity contribution is -0.137. The highest BCUT2D eigenvalue weighted by Gasteiger charge is 2.18. The Morgan fingerprint density at radius 3 is 2.21 bits per heavy atom. The van der Waals surface area contributed by atoms with E-state index in [1.54, 1.807) is 24.3 Å². The summed E-state index contributed by atoms with van der Waals surface area (Å²) in [6, 6.07) is 25.4. The zero-order valence-corrected chi connectivity index (χ0v) is 18.6. The number of carbonyl (C=O) groups is 1. The fraction of sp³-hybridized carbons (Fsp3) is 0.231. The minimum atomic E-state index is -0.0626. The Hall–Kier alpha value is -3.84. The Bertz CT molecular complexity index is 1030. The molecule has 0 aromatic heterocycles. The van der Waals surface area contributed by atoms with Crippen molar-refractivity contribution >= 4 is 23.5 Å². The summed E-state index contributed by atoms with van der Waals surface area (Å²) in [6.45, 7) is 2.26. The average Bonchev–Trinajstić information content (AvgIpc) is 2.89. The summed E-state index contributed by atoms with van der Waals surface area (Å²) in [4.78, 5) is 14.1. The Kier molecular flexibility index (Phi) is 7.56. The van der Waals surface area contributed by atoms with Crippen molar-refractivity contribution in [2.75, 3.05) is 45.0 Å². The fourth-order valence-electron chi connectivity index (χ4n) is 3.47. The molecule has 3 aromatic carbocycles. The highest BCUT2D eigenvalue weighted by atomic mass is 16.5. The van der Waals surface area contributed by atoms with Gasteiger partial charge in [-0.3, -0.25) is 4.79 Å². The number of hydrogen-bond acceptors (Lipinski definition) is 6. The maximum Gasteiger partial charge on any atom is 0.260 e. The van der Waals surface area contributed by atoms with Crippen molar-refractivity contribution in [1.82, 2.24) is 4.90 Å². The number of rotatable bonds is 8. The van der Waals surface area contributed by atoms with E-state index < -0.39 is 0 Å². The zero-order valence-electron chi connectivity index (χ0n) is 18.6. The van der Waals surface area contributed by atoms with Crippen molar-refractivity contribution < 1.29 is 19.0 Å². The van der Waals surface area contributed by atoms with Gasteiger partial charge in [0, 0.05) is 13.1 Å². The number of hydrazone groups is 1. The quantitative estimate of drug-likeness (QED) is 0.386. The zero-order chi connectivity index (χ0) is 22.9. The van der Waals surface area contributed by atoms with Gasteiger partial charge in [-0.05, 0) is 48.0 Å². The van der Waals surface area contributed by atoms with Crippen LogP contribution in [0.4, 0.5) is 11.4 Å². The first-order valence-corrected chi connectivity index (χ1v) is 10.8. The Morgan fingerprint density at radius 2 is 1.61 bits per heavy atom. The third-order valence-corrected chi connectivity index (χ3v) is 5.23. The molecule has 0 atom stereocenters. The molecule has 0 spiro atoms. The van der Waals surface area contributed by atoms with Crippen LogP contribution in [0.25, 0.3) is 0 Å². The van der Waals surface area contributed by atoms with Gasteiger partial charge < -0.3 is 19.1 Å². The molecule has 3 aromatic rings. The Labute approximate surface area is 193 Å². The van der Waals surface area contributed by atoms with Gasteiger partial charge in [-0.25, -0.2) is 5.01 Å². The third-order valence-electron chi connectivity index (χ3n) is 5.23. The van der Waals surface area contributed by atoms with Crippen molar-refractivity contribution in [1.29, 1.82) is 0 Å². The molecule has 0 aliphatic carbocycles. The van der Waals surface area contributed by atoms with Crippen molar-refractivity contribution in [2.45, 2.75) is 0 Å². The van der Waals surface area contributed by atoms with E-state index in [4.69, 9.17) is 19.3 Å². The maximum atomic E-state index is 12.4. The molecule has 4 rings (SSSR count). The van der Waals surface area contributed by atoms with Gasteiger partial charge in [0.15, 0.2) is 18.1 Å². The average molecular weight is 446 g/mol. The minimum Gasteiger partial charge on any atom is -0.493 e. The van der Waals surface area contributed by atoms with Gasteiger partial charge in [-0.15, -0.1) is 0 Å². The second kappa shape index (κ2) is 11.2. The van der Waals surface area contributed by atoms with Crippen molar-refractivity contribution in [3.63, 3.8) is 0 Å². The number of hydrogen-bond donors (Lipinski definition) is 0. The predicted molar refractivity (Wildman–Crippen MR) is 129 cm³/mol. The molecule has 1 aliphatic heterocycles. The fourth-order valence-corrected chi connectivity index (χ4v) is 3.47. The summed E-state index contributed by atoms with van der Waals surface area (Å²) < 4.78 is 16.5. The summed E-state index contributed by atoms with van der Waals surface area (Å²) in [5.74, 6) is 0.992. The van der Waals surface area contributed by atoms with Crippen LogP contribution in [0.2, 0.25) is 0 Å². The van der Waals surface area contributed by atoms with Gasteiger partial charge in [-0.1, -0.05) is 36.4 Å². The highest BCUT2D eigenvalue weighted by Crippen LogP contribution is 2.29. The molecule has 0 N–H and O–H groups in total. The molecule has 1 aliphatic rings. The van der Waals surface area contributed by atoms with Crippen LogP contribution >= 0.6 is 0 Å². The smallest absolute Gasteiger partial charge is 0.260 e. The lowest BCUT2D eigenvalue weighted by Gasteiger charge is -2.26. The number of anilines is 2. The van der Waals surface area contributed by atoms with Crippen LogP contribution < -0.4 is 14.5 Å². The maximum absolute atomic E-state index is 12.4. The van der Waals surface area contributed by atoms with Gasteiger partial charge in [-0.2, -0.15) is 5.10 Å². The van der Waals surface area contributed by atoms with E-state index in [1.807, 2.05) is 77.8 Å². The summed E-state index contributed by atoms with van der Waals surface area (Å²) >= 11 is 0. The molecular formula is C26H27N3O4. The van der Waals surface area contributed by atoms with Gasteiger partial charge in [0.2, 0.25) is 0 Å². The first kappa shape index (κ1) is 22.4. The largest absolute Gasteiger partial charge is 0.493 e.